The Labute approximate surface area is 71.0 Å². The molecule has 0 unspecified atom stereocenters. The summed E-state index contributed by atoms with van der Waals surface area (Å²) in [6, 6.07) is 4.25. The fraction of sp³-hybridized carbons (Fsp3) is 0.143. The molecule has 2 nitrogen and oxygen atoms in total. The lowest BCUT2D eigenvalue weighted by Gasteiger charge is -2.02. The summed E-state index contributed by atoms with van der Waals surface area (Å²) in [4.78, 5) is 0. The van der Waals surface area contributed by atoms with Crippen LogP contribution in [0.15, 0.2) is 18.2 Å². The molecule has 0 amide bonds. The van der Waals surface area contributed by atoms with Crippen LogP contribution in [0.25, 0.3) is 0 Å². The van der Waals surface area contributed by atoms with E-state index in [4.69, 9.17) is 5.73 Å². The molecule has 1 rings (SSSR count). The van der Waals surface area contributed by atoms with Crippen molar-refractivity contribution in [3.8, 4) is 0 Å². The topological polar surface area (TPSA) is 38.0 Å². The normalized spacial score (nSPS) is 8.55. The van der Waals surface area contributed by atoms with Crippen LogP contribution in [0.1, 0.15) is 0 Å². The van der Waals surface area contributed by atoms with Crippen LogP contribution in [0.3, 0.4) is 0 Å². The second-order valence-corrected chi connectivity index (χ2v) is 1.98. The Kier molecular flexibility index (Phi) is 3.68. The van der Waals surface area contributed by atoms with E-state index in [9.17, 15) is 4.39 Å². The lowest BCUT2D eigenvalue weighted by atomic mass is 10.2. The van der Waals surface area contributed by atoms with E-state index in [1.165, 1.54) is 12.1 Å². The van der Waals surface area contributed by atoms with Gasteiger partial charge in [-0.15, -0.1) is 12.4 Å². The fourth-order valence-corrected chi connectivity index (χ4v) is 0.761. The van der Waals surface area contributed by atoms with Crippen LogP contribution in [0.2, 0.25) is 0 Å². The molecule has 1 aromatic rings. The highest BCUT2D eigenvalue weighted by molar-refractivity contribution is 5.85. The molecule has 0 aliphatic carbocycles. The number of benzene rings is 1. The monoisotopic (exact) mass is 176 g/mol. The molecule has 11 heavy (non-hydrogen) atoms. The van der Waals surface area contributed by atoms with Gasteiger partial charge in [-0.1, -0.05) is 0 Å². The summed E-state index contributed by atoms with van der Waals surface area (Å²) in [7, 11) is 1.74. The van der Waals surface area contributed by atoms with Gasteiger partial charge >= 0.3 is 0 Å². The van der Waals surface area contributed by atoms with Crippen molar-refractivity contribution < 1.29 is 4.39 Å². The number of rotatable bonds is 1. The van der Waals surface area contributed by atoms with Gasteiger partial charge < -0.3 is 11.1 Å². The first-order valence-electron chi connectivity index (χ1n) is 2.97. The van der Waals surface area contributed by atoms with Gasteiger partial charge in [0.2, 0.25) is 0 Å². The van der Waals surface area contributed by atoms with E-state index < -0.39 is 0 Å². The van der Waals surface area contributed by atoms with Gasteiger partial charge in [-0.3, -0.25) is 0 Å². The average molecular weight is 177 g/mol. The smallest absolute Gasteiger partial charge is 0.125 e. The molecule has 0 fully saturated rings. The molecule has 3 N–H and O–H groups in total. The molecule has 0 aromatic heterocycles. The van der Waals surface area contributed by atoms with E-state index in [-0.39, 0.29) is 18.2 Å². The van der Waals surface area contributed by atoms with Gasteiger partial charge in [-0.25, -0.2) is 4.39 Å². The minimum Gasteiger partial charge on any atom is -0.397 e. The van der Waals surface area contributed by atoms with E-state index in [0.29, 0.717) is 5.69 Å². The molecule has 0 aliphatic heterocycles. The molecular formula is C7H10ClFN2. The predicted molar refractivity (Wildman–Crippen MR) is 47.6 cm³/mol. The summed E-state index contributed by atoms with van der Waals surface area (Å²) >= 11 is 0. The third-order valence-electron chi connectivity index (χ3n) is 1.28. The molecule has 0 saturated heterocycles. The zero-order chi connectivity index (χ0) is 7.56. The summed E-state index contributed by atoms with van der Waals surface area (Å²) in [6.07, 6.45) is 0. The Bertz CT molecular complexity index is 240. The van der Waals surface area contributed by atoms with E-state index in [2.05, 4.69) is 5.32 Å². The molecule has 0 heterocycles. The van der Waals surface area contributed by atoms with Crippen molar-refractivity contribution in [2.24, 2.45) is 0 Å². The quantitative estimate of drug-likeness (QED) is 0.642. The molecule has 0 aliphatic rings. The third-order valence-corrected chi connectivity index (χ3v) is 1.28. The van der Waals surface area contributed by atoms with Crippen molar-refractivity contribution in [1.82, 2.24) is 0 Å². The van der Waals surface area contributed by atoms with Crippen molar-refractivity contribution in [2.75, 3.05) is 18.1 Å². The van der Waals surface area contributed by atoms with Crippen LogP contribution in [0, 0.1) is 5.82 Å². The number of anilines is 2. The van der Waals surface area contributed by atoms with E-state index in [1.807, 2.05) is 0 Å². The van der Waals surface area contributed by atoms with Gasteiger partial charge in [-0.2, -0.15) is 0 Å². The van der Waals surface area contributed by atoms with Gasteiger partial charge in [0.25, 0.3) is 0 Å². The van der Waals surface area contributed by atoms with Crippen LogP contribution < -0.4 is 11.1 Å². The highest BCUT2D eigenvalue weighted by Gasteiger charge is 1.95. The largest absolute Gasteiger partial charge is 0.397 e. The average Bonchev–Trinajstić information content (AvgIpc) is 1.88. The molecule has 0 atom stereocenters. The Morgan fingerprint density at radius 1 is 1.45 bits per heavy atom. The minimum absolute atomic E-state index is 0. The predicted octanol–water partition coefficient (Wildman–Crippen LogP) is 1.87. The van der Waals surface area contributed by atoms with Gasteiger partial charge in [0.05, 0.1) is 11.4 Å². The Balaban J connectivity index is 0.000001000. The second kappa shape index (κ2) is 4.03. The summed E-state index contributed by atoms with van der Waals surface area (Å²) < 4.78 is 12.4. The Morgan fingerprint density at radius 3 is 2.55 bits per heavy atom. The van der Waals surface area contributed by atoms with Crippen molar-refractivity contribution in [1.29, 1.82) is 0 Å². The summed E-state index contributed by atoms with van der Waals surface area (Å²) in [5, 5.41) is 2.83. The number of hydrogen-bond acceptors (Lipinski definition) is 2. The Hall–Kier alpha value is -0.960. The summed E-state index contributed by atoms with van der Waals surface area (Å²) in [5.41, 5.74) is 6.61. The first kappa shape index (κ1) is 10.0. The lowest BCUT2D eigenvalue weighted by molar-refractivity contribution is 0.628. The highest BCUT2D eigenvalue weighted by Crippen LogP contribution is 2.17. The van der Waals surface area contributed by atoms with Crippen molar-refractivity contribution in [3.63, 3.8) is 0 Å². The first-order valence-corrected chi connectivity index (χ1v) is 2.97. The molecular weight excluding hydrogens is 167 g/mol. The van der Waals surface area contributed by atoms with Gasteiger partial charge in [-0.05, 0) is 18.2 Å². The first-order chi connectivity index (χ1) is 4.74. The molecule has 0 radical (unpaired) electrons. The standard InChI is InChI=1S/C7H9FN2.ClH/c1-10-7-3-2-5(8)4-6(7)9;/h2-4,10H,9H2,1H3;1H. The molecule has 0 spiro atoms. The maximum Gasteiger partial charge on any atom is 0.125 e. The molecule has 1 aromatic carbocycles. The number of nitrogen functional groups attached to an aromatic ring is 1. The highest BCUT2D eigenvalue weighted by atomic mass is 35.5. The van der Waals surface area contributed by atoms with E-state index in [0.717, 1.165) is 5.69 Å². The van der Waals surface area contributed by atoms with Gasteiger partial charge in [0, 0.05) is 7.05 Å². The van der Waals surface area contributed by atoms with Crippen LogP contribution in [-0.2, 0) is 0 Å². The van der Waals surface area contributed by atoms with Crippen LogP contribution in [0.5, 0.6) is 0 Å². The SMILES string of the molecule is CNc1ccc(F)cc1N.Cl. The number of nitrogens with two attached hydrogens (primary N) is 1. The zero-order valence-corrected chi connectivity index (χ0v) is 6.91. The second-order valence-electron chi connectivity index (χ2n) is 1.98. The van der Waals surface area contributed by atoms with Crippen molar-refractivity contribution in [3.05, 3.63) is 24.0 Å². The summed E-state index contributed by atoms with van der Waals surface area (Å²) in [5.74, 6) is -0.309. The van der Waals surface area contributed by atoms with E-state index >= 15 is 0 Å². The third kappa shape index (κ3) is 2.27. The number of hydrogen-bond donors (Lipinski definition) is 2. The molecule has 62 valence electrons. The maximum absolute atomic E-state index is 12.4. The maximum atomic E-state index is 12.4. The van der Waals surface area contributed by atoms with Gasteiger partial charge in [0.15, 0.2) is 0 Å². The lowest BCUT2D eigenvalue weighted by Crippen LogP contribution is -1.95. The fourth-order valence-electron chi connectivity index (χ4n) is 0.761. The van der Waals surface area contributed by atoms with Crippen molar-refractivity contribution in [2.45, 2.75) is 0 Å². The minimum atomic E-state index is -0.309. The van der Waals surface area contributed by atoms with E-state index in [1.54, 1.807) is 13.1 Å². The van der Waals surface area contributed by atoms with Crippen LogP contribution in [-0.4, -0.2) is 7.05 Å². The van der Waals surface area contributed by atoms with Crippen LogP contribution in [0.4, 0.5) is 15.8 Å². The Morgan fingerprint density at radius 2 is 2.09 bits per heavy atom. The molecule has 4 heteroatoms. The van der Waals surface area contributed by atoms with Gasteiger partial charge in [0.1, 0.15) is 5.82 Å². The van der Waals surface area contributed by atoms with Crippen LogP contribution >= 0.6 is 12.4 Å². The molecule has 0 saturated carbocycles. The number of halogens is 2. The zero-order valence-electron chi connectivity index (χ0n) is 6.10. The number of nitrogens with one attached hydrogen (secondary N) is 1. The summed E-state index contributed by atoms with van der Waals surface area (Å²) in [6.45, 7) is 0. The van der Waals surface area contributed by atoms with Crippen molar-refractivity contribution >= 4 is 23.8 Å². The molecule has 0 bridgehead atoms.